The van der Waals surface area contributed by atoms with Crippen LogP contribution in [0.5, 0.6) is 17.2 Å². The molecule has 0 spiro atoms. The zero-order valence-corrected chi connectivity index (χ0v) is 17.9. The summed E-state index contributed by atoms with van der Waals surface area (Å²) in [6.07, 6.45) is 1.81. The van der Waals surface area contributed by atoms with Crippen molar-refractivity contribution >= 4 is 12.2 Å². The van der Waals surface area contributed by atoms with Crippen molar-refractivity contribution in [1.29, 1.82) is 0 Å². The number of rotatable bonds is 8. The Bertz CT molecular complexity index is 843. The zero-order chi connectivity index (χ0) is 20.1. The fourth-order valence-electron chi connectivity index (χ4n) is 3.49. The van der Waals surface area contributed by atoms with E-state index in [4.69, 9.17) is 26.4 Å². The number of hydrogen-bond acceptors (Lipinski definition) is 7. The van der Waals surface area contributed by atoms with Gasteiger partial charge in [0.05, 0.1) is 28.0 Å². The highest BCUT2D eigenvalue weighted by molar-refractivity contribution is 7.71. The van der Waals surface area contributed by atoms with E-state index in [1.54, 1.807) is 21.3 Å². The molecule has 0 amide bonds. The molecular weight excluding hydrogens is 378 g/mol. The van der Waals surface area contributed by atoms with E-state index in [1.165, 1.54) is 0 Å². The average molecular weight is 408 g/mol. The smallest absolute Gasteiger partial charge is 0.203 e. The molecule has 0 atom stereocenters. The number of aryl methyl sites for hydroxylation is 1. The molecule has 3 rings (SSSR count). The van der Waals surface area contributed by atoms with E-state index in [0.29, 0.717) is 11.5 Å². The largest absolute Gasteiger partial charge is 0.493 e. The lowest BCUT2D eigenvalue weighted by molar-refractivity contribution is 0.0973. The third-order valence-electron chi connectivity index (χ3n) is 5.12. The number of methoxy groups -OCH3 is 3. The topological polar surface area (TPSA) is 56.9 Å². The van der Waals surface area contributed by atoms with Gasteiger partial charge in [0.1, 0.15) is 6.33 Å². The molecule has 1 fully saturated rings. The van der Waals surface area contributed by atoms with Crippen molar-refractivity contribution < 1.29 is 14.2 Å². The molecule has 2 heterocycles. The third kappa shape index (κ3) is 4.31. The van der Waals surface area contributed by atoms with Gasteiger partial charge in [0, 0.05) is 44.8 Å². The molecule has 2 aromatic rings. The summed E-state index contributed by atoms with van der Waals surface area (Å²) in [5, 5.41) is 4.40. The lowest BCUT2D eigenvalue weighted by Crippen LogP contribution is -2.46. The second-order valence-corrected chi connectivity index (χ2v) is 7.09. The first-order valence-corrected chi connectivity index (χ1v) is 9.86. The lowest BCUT2D eigenvalue weighted by Gasteiger charge is -2.34. The standard InChI is InChI=1S/C19H29N5O3S/c1-5-23-13-20-24(19(23)28)14-22-10-8-21(9-11-22)12-15-6-7-16(25-2)18(27-4)17(15)26-3/h6-7,13H,5,8-12,14H2,1-4H3. The number of aromatic nitrogens is 3. The Morgan fingerprint density at radius 2 is 1.64 bits per heavy atom. The van der Waals surface area contributed by atoms with E-state index < -0.39 is 0 Å². The first kappa shape index (κ1) is 20.6. The summed E-state index contributed by atoms with van der Waals surface area (Å²) in [5.74, 6) is 2.05. The van der Waals surface area contributed by atoms with Gasteiger partial charge in [-0.05, 0) is 25.2 Å². The van der Waals surface area contributed by atoms with Crippen molar-refractivity contribution in [3.8, 4) is 17.2 Å². The fourth-order valence-corrected chi connectivity index (χ4v) is 3.77. The second-order valence-electron chi connectivity index (χ2n) is 6.73. The van der Waals surface area contributed by atoms with Crippen LogP contribution in [0.15, 0.2) is 18.5 Å². The molecule has 28 heavy (non-hydrogen) atoms. The van der Waals surface area contributed by atoms with Crippen LogP contribution in [0.25, 0.3) is 0 Å². The summed E-state index contributed by atoms with van der Waals surface area (Å²) in [6.45, 7) is 8.34. The molecule has 0 N–H and O–H groups in total. The van der Waals surface area contributed by atoms with Crippen LogP contribution in [-0.2, 0) is 19.8 Å². The summed E-state index contributed by atoms with van der Waals surface area (Å²) in [6, 6.07) is 3.97. The van der Waals surface area contributed by atoms with Gasteiger partial charge in [-0.25, -0.2) is 4.68 Å². The predicted octanol–water partition coefficient (Wildman–Crippen LogP) is 2.24. The normalized spacial score (nSPS) is 15.6. The van der Waals surface area contributed by atoms with E-state index >= 15 is 0 Å². The Morgan fingerprint density at radius 3 is 2.21 bits per heavy atom. The highest BCUT2D eigenvalue weighted by Crippen LogP contribution is 2.40. The van der Waals surface area contributed by atoms with Crippen molar-refractivity contribution in [2.24, 2.45) is 0 Å². The van der Waals surface area contributed by atoms with E-state index in [2.05, 4.69) is 21.8 Å². The molecule has 0 aliphatic carbocycles. The zero-order valence-electron chi connectivity index (χ0n) is 17.1. The van der Waals surface area contributed by atoms with E-state index in [9.17, 15) is 0 Å². The van der Waals surface area contributed by atoms with Gasteiger partial charge in [-0.15, -0.1) is 0 Å². The Morgan fingerprint density at radius 1 is 0.964 bits per heavy atom. The van der Waals surface area contributed by atoms with Crippen LogP contribution in [0.3, 0.4) is 0 Å². The van der Waals surface area contributed by atoms with Gasteiger partial charge < -0.3 is 18.8 Å². The molecule has 0 radical (unpaired) electrons. The third-order valence-corrected chi connectivity index (χ3v) is 5.56. The molecule has 1 aromatic carbocycles. The molecular formula is C19H29N5O3S. The molecule has 9 heteroatoms. The van der Waals surface area contributed by atoms with Gasteiger partial charge >= 0.3 is 0 Å². The Labute approximate surface area is 171 Å². The second kappa shape index (κ2) is 9.40. The summed E-state index contributed by atoms with van der Waals surface area (Å²) >= 11 is 5.47. The lowest BCUT2D eigenvalue weighted by atomic mass is 10.1. The Kier molecular flexibility index (Phi) is 6.93. The minimum absolute atomic E-state index is 0.641. The number of ether oxygens (including phenoxy) is 3. The molecule has 0 unspecified atom stereocenters. The van der Waals surface area contributed by atoms with Gasteiger partial charge in [0.25, 0.3) is 0 Å². The Hall–Kier alpha value is -2.10. The van der Waals surface area contributed by atoms with Crippen LogP contribution >= 0.6 is 12.2 Å². The summed E-state index contributed by atoms with van der Waals surface area (Å²) in [5.41, 5.74) is 1.09. The van der Waals surface area contributed by atoms with Crippen LogP contribution in [-0.4, -0.2) is 71.7 Å². The predicted molar refractivity (Wildman–Crippen MR) is 110 cm³/mol. The highest BCUT2D eigenvalue weighted by Gasteiger charge is 2.21. The number of piperazine rings is 1. The summed E-state index contributed by atoms with van der Waals surface area (Å²) < 4.78 is 21.1. The van der Waals surface area contributed by atoms with Crippen LogP contribution < -0.4 is 14.2 Å². The van der Waals surface area contributed by atoms with E-state index in [0.717, 1.165) is 62.0 Å². The average Bonchev–Trinajstić information content (AvgIpc) is 3.08. The number of nitrogens with zero attached hydrogens (tertiary/aromatic N) is 5. The molecule has 1 aliphatic heterocycles. The summed E-state index contributed by atoms with van der Waals surface area (Å²) in [4.78, 5) is 4.80. The summed E-state index contributed by atoms with van der Waals surface area (Å²) in [7, 11) is 4.93. The minimum Gasteiger partial charge on any atom is -0.493 e. The number of hydrogen-bond donors (Lipinski definition) is 0. The SMILES string of the molecule is CCn1cnn(CN2CCN(Cc3ccc(OC)c(OC)c3OC)CC2)c1=S. The monoisotopic (exact) mass is 407 g/mol. The quantitative estimate of drug-likeness (QED) is 0.622. The van der Waals surface area contributed by atoms with E-state index in [-0.39, 0.29) is 0 Å². The highest BCUT2D eigenvalue weighted by atomic mass is 32.1. The van der Waals surface area contributed by atoms with Gasteiger partial charge in [-0.3, -0.25) is 9.80 Å². The molecule has 154 valence electrons. The van der Waals surface area contributed by atoms with Crippen LogP contribution in [0.2, 0.25) is 0 Å². The maximum absolute atomic E-state index is 5.61. The first-order valence-electron chi connectivity index (χ1n) is 9.46. The molecule has 8 nitrogen and oxygen atoms in total. The minimum atomic E-state index is 0.641. The van der Waals surface area contributed by atoms with Gasteiger partial charge in [0.2, 0.25) is 5.75 Å². The number of benzene rings is 1. The maximum atomic E-state index is 5.61. The molecule has 1 aliphatic rings. The van der Waals surface area contributed by atoms with Crippen molar-refractivity contribution in [2.75, 3.05) is 47.5 Å². The molecule has 0 saturated carbocycles. The van der Waals surface area contributed by atoms with Gasteiger partial charge in [-0.1, -0.05) is 6.07 Å². The maximum Gasteiger partial charge on any atom is 0.203 e. The first-order chi connectivity index (χ1) is 13.6. The molecule has 0 bridgehead atoms. The van der Waals surface area contributed by atoms with Crippen molar-refractivity contribution in [3.63, 3.8) is 0 Å². The van der Waals surface area contributed by atoms with Gasteiger partial charge in [-0.2, -0.15) is 5.10 Å². The van der Waals surface area contributed by atoms with Crippen LogP contribution in [0.1, 0.15) is 12.5 Å². The van der Waals surface area contributed by atoms with Crippen molar-refractivity contribution in [3.05, 3.63) is 28.8 Å². The Balaban J connectivity index is 1.61. The van der Waals surface area contributed by atoms with Gasteiger partial charge in [0.15, 0.2) is 16.3 Å². The molecule has 1 saturated heterocycles. The van der Waals surface area contributed by atoms with E-state index in [1.807, 2.05) is 27.7 Å². The van der Waals surface area contributed by atoms with Crippen molar-refractivity contribution in [2.45, 2.75) is 26.7 Å². The fraction of sp³-hybridized carbons (Fsp3) is 0.579. The van der Waals surface area contributed by atoms with Crippen molar-refractivity contribution in [1.82, 2.24) is 24.1 Å². The molecule has 1 aromatic heterocycles. The van der Waals surface area contributed by atoms with Crippen LogP contribution in [0.4, 0.5) is 0 Å². The van der Waals surface area contributed by atoms with Crippen LogP contribution in [0, 0.1) is 4.77 Å².